The minimum absolute atomic E-state index is 0.576. The zero-order valence-corrected chi connectivity index (χ0v) is 23.2. The highest BCUT2D eigenvalue weighted by molar-refractivity contribution is 5.98. The first kappa shape index (κ1) is 30.1. The van der Waals surface area contributed by atoms with Gasteiger partial charge in [0.1, 0.15) is 23.2 Å². The third kappa shape index (κ3) is 13.1. The molecule has 0 heterocycles. The lowest BCUT2D eigenvalue weighted by atomic mass is 10.2. The maximum Gasteiger partial charge on any atom is 0.125 e. The topological polar surface area (TPSA) is 102 Å². The molecule has 0 atom stereocenters. The lowest BCUT2D eigenvalue weighted by Crippen LogP contribution is -2.16. The van der Waals surface area contributed by atoms with Gasteiger partial charge in [-0.05, 0) is 122 Å². The second-order valence-corrected chi connectivity index (χ2v) is 9.65. The number of amidine groups is 2. The Labute approximate surface area is 223 Å². The Hall–Kier alpha value is -3.10. The summed E-state index contributed by atoms with van der Waals surface area (Å²) in [6.07, 6.45) is 4.97. The van der Waals surface area contributed by atoms with Crippen molar-refractivity contribution in [3.63, 3.8) is 0 Å². The molecule has 2 aromatic carbocycles. The molecule has 0 spiro atoms. The van der Waals surface area contributed by atoms with Crippen LogP contribution in [0.3, 0.4) is 0 Å². The summed E-state index contributed by atoms with van der Waals surface area (Å²) in [6, 6.07) is 15.6. The maximum atomic E-state index is 6.09. The molecule has 2 aromatic rings. The van der Waals surface area contributed by atoms with E-state index in [9.17, 15) is 0 Å². The number of unbranched alkanes of at least 4 members (excludes halogenated alkanes) is 2. The van der Waals surface area contributed by atoms with Gasteiger partial charge >= 0.3 is 0 Å². The van der Waals surface area contributed by atoms with E-state index in [2.05, 4.69) is 48.0 Å². The summed E-state index contributed by atoms with van der Waals surface area (Å²) in [7, 11) is 8.23. The van der Waals surface area contributed by atoms with Gasteiger partial charge in [0.25, 0.3) is 0 Å². The molecule has 0 radical (unpaired) electrons. The molecule has 0 bridgehead atoms. The van der Waals surface area contributed by atoms with E-state index in [1.807, 2.05) is 48.5 Å². The van der Waals surface area contributed by atoms with Crippen molar-refractivity contribution in [2.75, 3.05) is 67.6 Å². The van der Waals surface area contributed by atoms with Crippen molar-refractivity contribution in [3.05, 3.63) is 59.7 Å². The fourth-order valence-corrected chi connectivity index (χ4v) is 3.56. The highest BCUT2D eigenvalue weighted by atomic mass is 16.5. The summed E-state index contributed by atoms with van der Waals surface area (Å²) < 4.78 is 11.7. The van der Waals surface area contributed by atoms with E-state index >= 15 is 0 Å². The van der Waals surface area contributed by atoms with Gasteiger partial charge in [-0.1, -0.05) is 0 Å². The summed E-state index contributed by atoms with van der Waals surface area (Å²) in [6.45, 7) is 4.83. The number of ether oxygens (including phenoxy) is 2. The fraction of sp³-hybridized carbons (Fsp3) is 0.517. The highest BCUT2D eigenvalue weighted by Crippen LogP contribution is 2.15. The molecule has 4 N–H and O–H groups in total. The Bertz CT molecular complexity index is 862. The van der Waals surface area contributed by atoms with Gasteiger partial charge in [-0.15, -0.1) is 0 Å². The lowest BCUT2D eigenvalue weighted by molar-refractivity contribution is 0.279. The molecule has 204 valence electrons. The summed E-state index contributed by atoms with van der Waals surface area (Å²) >= 11 is 0. The van der Waals surface area contributed by atoms with E-state index in [1.165, 1.54) is 0 Å². The van der Waals surface area contributed by atoms with E-state index in [4.69, 9.17) is 20.9 Å². The predicted molar refractivity (Wildman–Crippen MR) is 155 cm³/mol. The van der Waals surface area contributed by atoms with E-state index in [0.29, 0.717) is 24.9 Å². The van der Waals surface area contributed by atoms with Gasteiger partial charge in [-0.3, -0.25) is 9.98 Å². The third-order valence-corrected chi connectivity index (χ3v) is 5.72. The summed E-state index contributed by atoms with van der Waals surface area (Å²) in [4.78, 5) is 13.2. The number of hydrogen-bond acceptors (Lipinski definition) is 6. The number of rotatable bonds is 18. The second kappa shape index (κ2) is 17.4. The van der Waals surface area contributed by atoms with E-state index < -0.39 is 0 Å². The first-order chi connectivity index (χ1) is 17.8. The summed E-state index contributed by atoms with van der Waals surface area (Å²) in [5.41, 5.74) is 14.0. The Morgan fingerprint density at radius 1 is 0.595 bits per heavy atom. The van der Waals surface area contributed by atoms with Gasteiger partial charge in [0.15, 0.2) is 0 Å². The van der Waals surface area contributed by atoms with Crippen molar-refractivity contribution >= 4 is 11.7 Å². The Kier molecular flexibility index (Phi) is 14.1. The molecule has 2 rings (SSSR count). The third-order valence-electron chi connectivity index (χ3n) is 5.72. The quantitative estimate of drug-likeness (QED) is 0.180. The Balaban J connectivity index is 1.58. The number of nitrogens with two attached hydrogens (primary N) is 2. The van der Waals surface area contributed by atoms with Gasteiger partial charge in [0.05, 0.1) is 13.2 Å². The number of hydrogen-bond donors (Lipinski definition) is 2. The zero-order chi connectivity index (χ0) is 26.9. The minimum atomic E-state index is 0.576. The maximum absolute atomic E-state index is 6.09. The van der Waals surface area contributed by atoms with Crippen LogP contribution in [0.2, 0.25) is 0 Å². The SMILES string of the molecule is CN(C)CCCN=C(N)c1ccc(OCCCCCOc2ccc(C(N)=NCCCN(C)C)cc2)cc1. The monoisotopic (exact) mass is 510 g/mol. The molecule has 0 amide bonds. The van der Waals surface area contributed by atoms with Crippen LogP contribution in [0.15, 0.2) is 58.5 Å². The molecule has 0 saturated heterocycles. The van der Waals surface area contributed by atoms with Crippen LogP contribution in [0.1, 0.15) is 43.2 Å². The standard InChI is InChI=1S/C29H46N6O2/c1-34(2)20-8-18-32-28(30)24-10-14-26(15-11-24)36-22-6-5-7-23-37-27-16-12-25(13-17-27)29(31)33-19-9-21-35(3)4/h10-17H,5-9,18-23H2,1-4H3,(H2,30,32)(H2,31,33). The molecule has 0 aliphatic heterocycles. The molecule has 0 unspecified atom stereocenters. The normalized spacial score (nSPS) is 12.4. The first-order valence-corrected chi connectivity index (χ1v) is 13.2. The van der Waals surface area contributed by atoms with Crippen molar-refractivity contribution in [2.24, 2.45) is 21.5 Å². The van der Waals surface area contributed by atoms with Crippen LogP contribution < -0.4 is 20.9 Å². The van der Waals surface area contributed by atoms with E-state index in [0.717, 1.165) is 80.9 Å². The molecule has 37 heavy (non-hydrogen) atoms. The smallest absolute Gasteiger partial charge is 0.125 e. The zero-order valence-electron chi connectivity index (χ0n) is 23.2. The molecule has 0 saturated carbocycles. The van der Waals surface area contributed by atoms with Gasteiger partial charge in [0, 0.05) is 24.2 Å². The van der Waals surface area contributed by atoms with Crippen LogP contribution in [0, 0.1) is 0 Å². The van der Waals surface area contributed by atoms with Crippen molar-refractivity contribution in [1.29, 1.82) is 0 Å². The number of nitrogens with zero attached hydrogens (tertiary/aromatic N) is 4. The van der Waals surface area contributed by atoms with Crippen molar-refractivity contribution in [2.45, 2.75) is 32.1 Å². The van der Waals surface area contributed by atoms with Crippen LogP contribution in [0.5, 0.6) is 11.5 Å². The van der Waals surface area contributed by atoms with Crippen LogP contribution in [-0.2, 0) is 0 Å². The minimum Gasteiger partial charge on any atom is -0.494 e. The molecule has 0 aliphatic carbocycles. The Morgan fingerprint density at radius 2 is 0.973 bits per heavy atom. The second-order valence-electron chi connectivity index (χ2n) is 9.65. The van der Waals surface area contributed by atoms with Crippen molar-refractivity contribution < 1.29 is 9.47 Å². The van der Waals surface area contributed by atoms with Crippen molar-refractivity contribution in [1.82, 2.24) is 9.80 Å². The van der Waals surface area contributed by atoms with Crippen LogP contribution >= 0.6 is 0 Å². The molecule has 0 aromatic heterocycles. The van der Waals surface area contributed by atoms with E-state index in [-0.39, 0.29) is 0 Å². The predicted octanol–water partition coefficient (Wildman–Crippen LogP) is 3.63. The number of aliphatic imine (C=N–C) groups is 2. The molecule has 0 fully saturated rings. The lowest BCUT2D eigenvalue weighted by Gasteiger charge is -2.09. The average Bonchev–Trinajstić information content (AvgIpc) is 2.88. The molecule has 8 heteroatoms. The van der Waals surface area contributed by atoms with Gasteiger partial charge in [0.2, 0.25) is 0 Å². The molecule has 8 nitrogen and oxygen atoms in total. The van der Waals surface area contributed by atoms with Gasteiger partial charge in [-0.25, -0.2) is 0 Å². The van der Waals surface area contributed by atoms with Gasteiger partial charge < -0.3 is 30.7 Å². The van der Waals surface area contributed by atoms with Crippen LogP contribution in [-0.4, -0.2) is 89.1 Å². The average molecular weight is 511 g/mol. The first-order valence-electron chi connectivity index (χ1n) is 13.2. The Morgan fingerprint density at radius 3 is 1.32 bits per heavy atom. The summed E-state index contributed by atoms with van der Waals surface area (Å²) in [5.74, 6) is 2.85. The van der Waals surface area contributed by atoms with Crippen LogP contribution in [0.25, 0.3) is 0 Å². The van der Waals surface area contributed by atoms with E-state index in [1.54, 1.807) is 0 Å². The molecule has 0 aliphatic rings. The largest absolute Gasteiger partial charge is 0.494 e. The van der Waals surface area contributed by atoms with Crippen molar-refractivity contribution in [3.8, 4) is 11.5 Å². The molecular formula is C29H46N6O2. The summed E-state index contributed by atoms with van der Waals surface area (Å²) in [5, 5.41) is 0. The highest BCUT2D eigenvalue weighted by Gasteiger charge is 2.02. The fourth-order valence-electron chi connectivity index (χ4n) is 3.56. The number of benzene rings is 2. The van der Waals surface area contributed by atoms with Gasteiger partial charge in [-0.2, -0.15) is 0 Å². The van der Waals surface area contributed by atoms with Crippen LogP contribution in [0.4, 0.5) is 0 Å². The molecular weight excluding hydrogens is 464 g/mol.